The highest BCUT2D eigenvalue weighted by Gasteiger charge is 2.53. The minimum atomic E-state index is -4.33. The second-order valence-electron chi connectivity index (χ2n) is 14.0. The second kappa shape index (κ2) is 24.8. The van der Waals surface area contributed by atoms with Gasteiger partial charge in [0.15, 0.2) is 8.32 Å². The molecule has 1 N–H and O–H groups in total. The summed E-state index contributed by atoms with van der Waals surface area (Å²) in [7, 11) is -5.02. The Labute approximate surface area is 328 Å². The quantitative estimate of drug-likeness (QED) is 0.0223. The molecular formula is C35H63Cl3NO11PSi. The molecular weight excluding hydrogens is 776 g/mol. The molecule has 1 rings (SSSR count). The summed E-state index contributed by atoms with van der Waals surface area (Å²) in [4.78, 5) is 13.2. The molecule has 0 saturated carbocycles. The van der Waals surface area contributed by atoms with Gasteiger partial charge in [-0.2, -0.15) is 0 Å². The van der Waals surface area contributed by atoms with Gasteiger partial charge in [0.2, 0.25) is 10.1 Å². The number of alkyl halides is 3. The largest absolute Gasteiger partial charge is 0.475 e. The molecule has 1 saturated heterocycles. The van der Waals surface area contributed by atoms with Crippen LogP contribution in [0.2, 0.25) is 18.1 Å². The molecule has 12 nitrogen and oxygen atoms in total. The Balaban J connectivity index is 3.68. The average molecular weight is 839 g/mol. The molecule has 52 heavy (non-hydrogen) atoms. The standard InChI is InChI=1S/C35H63Cl3NO11PSi/c1-11-15-16-17-18-19-27(42-8)20-24-43-31-29(39-33(40)45-26-35(36,37)38)32(44-21-12-2)49-28(25-48-52(9,10)34(5,6)7)30(31)50-51(41,46-22-13-3)47-23-14-4/h12-14,21,27-32H,3-4,11,15-20,22-26H2,1-2,5-10H3,(H,39,40)/t27-,28-,29-,30-,31-,32+/m1/s1. The summed E-state index contributed by atoms with van der Waals surface area (Å²) in [6.07, 6.45) is 7.46. The van der Waals surface area contributed by atoms with E-state index in [1.807, 2.05) is 0 Å². The number of nitrogens with one attached hydrogen (secondary N) is 1. The maximum absolute atomic E-state index is 14.1. The molecule has 0 bridgehead atoms. The first-order valence-electron chi connectivity index (χ1n) is 17.9. The molecule has 0 spiro atoms. The van der Waals surface area contributed by atoms with Crippen LogP contribution >= 0.6 is 42.6 Å². The number of ether oxygens (including phenoxy) is 5. The van der Waals surface area contributed by atoms with Crippen LogP contribution in [0.3, 0.4) is 0 Å². The van der Waals surface area contributed by atoms with Crippen molar-refractivity contribution in [3.05, 3.63) is 37.6 Å². The second-order valence-corrected chi connectivity index (χ2v) is 22.9. The maximum atomic E-state index is 14.1. The van der Waals surface area contributed by atoms with Crippen molar-refractivity contribution in [2.75, 3.05) is 40.1 Å². The first-order valence-corrected chi connectivity index (χ1v) is 23.4. The molecule has 0 unspecified atom stereocenters. The monoisotopic (exact) mass is 837 g/mol. The molecule has 1 amide bonds. The number of carbonyl (C=O) groups is 1. The lowest BCUT2D eigenvalue weighted by Gasteiger charge is -2.47. The predicted octanol–water partition coefficient (Wildman–Crippen LogP) is 9.80. The number of alkyl carbamates (subject to hydrolysis) is 1. The number of rotatable bonds is 26. The van der Waals surface area contributed by atoms with E-state index in [2.05, 4.69) is 59.3 Å². The van der Waals surface area contributed by atoms with Crippen molar-refractivity contribution in [3.8, 4) is 0 Å². The number of allylic oxidation sites excluding steroid dienone is 1. The van der Waals surface area contributed by atoms with Crippen LogP contribution in [0.15, 0.2) is 37.6 Å². The molecule has 304 valence electrons. The molecule has 0 aromatic heterocycles. The Morgan fingerprint density at radius 2 is 1.65 bits per heavy atom. The summed E-state index contributed by atoms with van der Waals surface area (Å²) in [5.74, 6) is 0. The van der Waals surface area contributed by atoms with Crippen molar-refractivity contribution < 1.29 is 51.0 Å². The van der Waals surface area contributed by atoms with Gasteiger partial charge < -0.3 is 33.4 Å². The molecule has 0 aromatic carbocycles. The minimum absolute atomic E-state index is 0.00250. The number of phosphoric acid groups is 1. The zero-order valence-electron chi connectivity index (χ0n) is 32.2. The lowest BCUT2D eigenvalue weighted by atomic mass is 9.96. The third-order valence-electron chi connectivity index (χ3n) is 8.73. The van der Waals surface area contributed by atoms with E-state index in [9.17, 15) is 9.36 Å². The van der Waals surface area contributed by atoms with Gasteiger partial charge in [-0.05, 0) is 37.9 Å². The minimum Gasteiger partial charge on any atom is -0.471 e. The Kier molecular flexibility index (Phi) is 23.5. The smallest absolute Gasteiger partial charge is 0.471 e. The highest BCUT2D eigenvalue weighted by Crippen LogP contribution is 2.52. The van der Waals surface area contributed by atoms with E-state index in [4.69, 9.17) is 76.5 Å². The predicted molar refractivity (Wildman–Crippen MR) is 210 cm³/mol. The van der Waals surface area contributed by atoms with Crippen LogP contribution in [0.1, 0.15) is 79.6 Å². The van der Waals surface area contributed by atoms with Gasteiger partial charge in [-0.1, -0.05) is 113 Å². The Bertz CT molecular complexity index is 1110. The molecule has 6 atom stereocenters. The lowest BCUT2D eigenvalue weighted by Crippen LogP contribution is -2.66. The summed E-state index contributed by atoms with van der Waals surface area (Å²) in [5.41, 5.74) is 0. The van der Waals surface area contributed by atoms with Crippen molar-refractivity contribution in [1.29, 1.82) is 0 Å². The maximum Gasteiger partial charge on any atom is 0.475 e. The summed E-state index contributed by atoms with van der Waals surface area (Å²) in [6.45, 7) is 21.1. The van der Waals surface area contributed by atoms with Gasteiger partial charge in [-0.3, -0.25) is 13.6 Å². The molecule has 1 heterocycles. The summed E-state index contributed by atoms with van der Waals surface area (Å²) >= 11 is 17.5. The number of hydrogen-bond donors (Lipinski definition) is 1. The molecule has 17 heteroatoms. The van der Waals surface area contributed by atoms with Crippen LogP contribution in [-0.2, 0) is 46.2 Å². The fraction of sp³-hybridized carbons (Fsp3) is 0.800. The van der Waals surface area contributed by atoms with Crippen LogP contribution < -0.4 is 5.32 Å². The number of halogens is 3. The van der Waals surface area contributed by atoms with Gasteiger partial charge in [0, 0.05) is 13.7 Å². The van der Waals surface area contributed by atoms with Crippen LogP contribution in [0.5, 0.6) is 0 Å². The topological polar surface area (TPSA) is 129 Å². The van der Waals surface area contributed by atoms with Gasteiger partial charge in [-0.15, -0.1) is 13.2 Å². The number of amides is 1. The molecule has 1 fully saturated rings. The van der Waals surface area contributed by atoms with Crippen LogP contribution in [-0.4, -0.2) is 95.1 Å². The van der Waals surface area contributed by atoms with Gasteiger partial charge in [-0.25, -0.2) is 9.36 Å². The van der Waals surface area contributed by atoms with E-state index < -0.39 is 63.3 Å². The van der Waals surface area contributed by atoms with E-state index in [0.717, 1.165) is 25.7 Å². The zero-order valence-corrected chi connectivity index (χ0v) is 36.4. The third-order valence-corrected chi connectivity index (χ3v) is 15.0. The number of phosphoric ester groups is 1. The first-order chi connectivity index (χ1) is 24.4. The summed E-state index contributed by atoms with van der Waals surface area (Å²) in [5, 5.41) is 2.59. The van der Waals surface area contributed by atoms with Crippen molar-refractivity contribution in [1.82, 2.24) is 5.32 Å². The first kappa shape index (κ1) is 49.3. The highest BCUT2D eigenvalue weighted by molar-refractivity contribution is 7.48. The summed E-state index contributed by atoms with van der Waals surface area (Å²) < 4.78 is 66.3. The Morgan fingerprint density at radius 3 is 2.19 bits per heavy atom. The van der Waals surface area contributed by atoms with E-state index in [-0.39, 0.29) is 37.6 Å². The fourth-order valence-corrected chi connectivity index (χ4v) is 7.35. The van der Waals surface area contributed by atoms with Crippen molar-refractivity contribution >= 4 is 57.0 Å². The lowest BCUT2D eigenvalue weighted by molar-refractivity contribution is -0.259. The third kappa shape index (κ3) is 18.8. The van der Waals surface area contributed by atoms with Crippen molar-refractivity contribution in [3.63, 3.8) is 0 Å². The molecule has 1 aliphatic rings. The molecule has 0 aromatic rings. The van der Waals surface area contributed by atoms with E-state index in [1.54, 1.807) is 20.1 Å². The Morgan fingerprint density at radius 1 is 1.02 bits per heavy atom. The molecule has 1 aliphatic heterocycles. The normalized spacial score (nSPS) is 22.2. The zero-order chi connectivity index (χ0) is 39.4. The SMILES string of the molecule is C=CCOP(=O)(OCC=C)O[C@H]1[C@H](OCC[C@@H](CCCCCCC)OC)[C@@H](NC(=O)OCC(Cl)(Cl)Cl)[C@@H](OC=CC)O[C@@H]1CO[Si](C)(C)C(C)(C)C. The Hall–Kier alpha value is -0.673. The van der Waals surface area contributed by atoms with Crippen LogP contribution in [0.4, 0.5) is 4.79 Å². The van der Waals surface area contributed by atoms with E-state index >= 15 is 0 Å². The number of carbonyl (C=O) groups excluding carboxylic acids is 1. The van der Waals surface area contributed by atoms with Crippen LogP contribution in [0.25, 0.3) is 0 Å². The van der Waals surface area contributed by atoms with Gasteiger partial charge in [0.1, 0.15) is 31.0 Å². The van der Waals surface area contributed by atoms with Gasteiger partial charge in [0.05, 0.1) is 32.2 Å². The number of unbranched alkanes of at least 4 members (excludes halogenated alkanes) is 4. The van der Waals surface area contributed by atoms with E-state index in [0.29, 0.717) is 6.42 Å². The summed E-state index contributed by atoms with van der Waals surface area (Å²) in [6, 6.07) is -1.12. The van der Waals surface area contributed by atoms with Gasteiger partial charge >= 0.3 is 13.9 Å². The van der Waals surface area contributed by atoms with Gasteiger partial charge in [0.25, 0.3) is 0 Å². The highest BCUT2D eigenvalue weighted by atomic mass is 35.6. The molecule has 0 aliphatic carbocycles. The number of methoxy groups -OCH3 is 1. The van der Waals surface area contributed by atoms with Crippen molar-refractivity contribution in [2.24, 2.45) is 0 Å². The fourth-order valence-electron chi connectivity index (χ4n) is 4.85. The van der Waals surface area contributed by atoms with Crippen LogP contribution in [0, 0.1) is 0 Å². The average Bonchev–Trinajstić information content (AvgIpc) is 3.07. The number of hydrogen-bond acceptors (Lipinski definition) is 11. The van der Waals surface area contributed by atoms with Crippen molar-refractivity contribution in [2.45, 2.75) is 138 Å². The van der Waals surface area contributed by atoms with E-state index in [1.165, 1.54) is 31.3 Å². The molecule has 0 radical (unpaired) electrons.